The molecule has 0 bridgehead atoms. The minimum absolute atomic E-state index is 0.0107. The third-order valence-electron chi connectivity index (χ3n) is 6.46. The molecule has 0 saturated carbocycles. The van der Waals surface area contributed by atoms with Crippen LogP contribution in [-0.4, -0.2) is 34.7 Å². The van der Waals surface area contributed by atoms with Crippen LogP contribution in [0.2, 0.25) is 0 Å². The molecule has 0 atom stereocenters. The van der Waals surface area contributed by atoms with Crippen molar-refractivity contribution in [3.05, 3.63) is 50.9 Å². The van der Waals surface area contributed by atoms with Gasteiger partial charge in [-0.25, -0.2) is 4.98 Å². The van der Waals surface area contributed by atoms with Crippen LogP contribution in [0.25, 0.3) is 10.2 Å². The van der Waals surface area contributed by atoms with E-state index in [0.29, 0.717) is 23.8 Å². The smallest absolute Gasteiger partial charge is 0.259 e. The van der Waals surface area contributed by atoms with Crippen LogP contribution in [0.4, 0.5) is 11.4 Å². The Hall–Kier alpha value is -2.32. The van der Waals surface area contributed by atoms with Crippen molar-refractivity contribution in [1.82, 2.24) is 9.97 Å². The fourth-order valence-electron chi connectivity index (χ4n) is 4.76. The Kier molecular flexibility index (Phi) is 7.02. The first-order chi connectivity index (χ1) is 16.2. The molecule has 1 aliphatic carbocycles. The number of rotatable bonds is 7. The zero-order chi connectivity index (χ0) is 22.6. The molecule has 3 aromatic rings. The Bertz CT molecular complexity index is 1180. The number of amides is 1. The number of anilines is 2. The average molecular weight is 483 g/mol. The van der Waals surface area contributed by atoms with Crippen LogP contribution in [0, 0.1) is 0 Å². The molecular formula is C25H30N4O2S2. The molecule has 3 heterocycles. The lowest BCUT2D eigenvalue weighted by atomic mass is 10.2. The first-order valence-electron chi connectivity index (χ1n) is 11.9. The molecule has 1 fully saturated rings. The van der Waals surface area contributed by atoms with Gasteiger partial charge in [0, 0.05) is 41.5 Å². The molecule has 8 heteroatoms. The van der Waals surface area contributed by atoms with Gasteiger partial charge < -0.3 is 15.2 Å². The third-order valence-corrected chi connectivity index (χ3v) is 8.61. The highest BCUT2D eigenvalue weighted by Crippen LogP contribution is 2.34. The summed E-state index contributed by atoms with van der Waals surface area (Å²) in [6, 6.07) is 8.20. The molecule has 33 heavy (non-hydrogen) atoms. The summed E-state index contributed by atoms with van der Waals surface area (Å²) in [7, 11) is 0. The standard InChI is InChI=1S/C25H30N4O2S2/c30-22(26-17-8-10-18(11-9-17)29-13-3-1-2-4-14-29)12-15-32-16-21-27-24(31)23-19-6-5-7-20(19)33-25(23)28-21/h8-11H,1-7,12-16H2,(H,26,30)(H,27,28,31). The van der Waals surface area contributed by atoms with Gasteiger partial charge in [-0.15, -0.1) is 11.3 Å². The second-order valence-corrected chi connectivity index (χ2v) is 11.0. The Morgan fingerprint density at radius 1 is 1.09 bits per heavy atom. The number of hydrogen-bond acceptors (Lipinski definition) is 6. The Balaban J connectivity index is 1.09. The van der Waals surface area contributed by atoms with Crippen LogP contribution in [0.3, 0.4) is 0 Å². The van der Waals surface area contributed by atoms with Gasteiger partial charge in [0.1, 0.15) is 10.7 Å². The van der Waals surface area contributed by atoms with E-state index in [-0.39, 0.29) is 11.5 Å². The van der Waals surface area contributed by atoms with Crippen molar-refractivity contribution in [2.45, 2.75) is 57.1 Å². The number of hydrogen-bond donors (Lipinski definition) is 2. The lowest BCUT2D eigenvalue weighted by molar-refractivity contribution is -0.115. The third kappa shape index (κ3) is 5.27. The SMILES string of the molecule is O=C(CCSCc1nc2sc3c(c2c(=O)[nH]1)CCC3)Nc1ccc(N2CCCCCC2)cc1. The van der Waals surface area contributed by atoms with Crippen LogP contribution >= 0.6 is 23.1 Å². The summed E-state index contributed by atoms with van der Waals surface area (Å²) in [5, 5.41) is 3.79. The lowest BCUT2D eigenvalue weighted by Crippen LogP contribution is -2.23. The molecule has 2 aromatic heterocycles. The van der Waals surface area contributed by atoms with Crippen LogP contribution in [-0.2, 0) is 23.4 Å². The normalized spacial score (nSPS) is 16.1. The zero-order valence-corrected chi connectivity index (χ0v) is 20.5. The van der Waals surface area contributed by atoms with Gasteiger partial charge in [-0.1, -0.05) is 12.8 Å². The molecular weight excluding hydrogens is 452 g/mol. The summed E-state index contributed by atoms with van der Waals surface area (Å²) in [5.41, 5.74) is 3.26. The van der Waals surface area contributed by atoms with Gasteiger partial charge in [-0.2, -0.15) is 11.8 Å². The average Bonchev–Trinajstić information content (AvgIpc) is 3.28. The summed E-state index contributed by atoms with van der Waals surface area (Å²) < 4.78 is 0. The highest BCUT2D eigenvalue weighted by molar-refractivity contribution is 7.98. The predicted octanol–water partition coefficient (Wildman–Crippen LogP) is 5.12. The number of nitrogens with zero attached hydrogens (tertiary/aromatic N) is 2. The lowest BCUT2D eigenvalue weighted by Gasteiger charge is -2.22. The van der Waals surface area contributed by atoms with E-state index < -0.39 is 0 Å². The first-order valence-corrected chi connectivity index (χ1v) is 13.9. The second kappa shape index (κ2) is 10.3. The highest BCUT2D eigenvalue weighted by atomic mass is 32.2. The minimum Gasteiger partial charge on any atom is -0.372 e. The van der Waals surface area contributed by atoms with E-state index in [9.17, 15) is 9.59 Å². The maximum atomic E-state index is 12.5. The zero-order valence-electron chi connectivity index (χ0n) is 18.8. The van der Waals surface area contributed by atoms with E-state index >= 15 is 0 Å². The van der Waals surface area contributed by atoms with Crippen LogP contribution < -0.4 is 15.8 Å². The number of nitrogens with one attached hydrogen (secondary N) is 2. The fraction of sp³-hybridized carbons (Fsp3) is 0.480. The highest BCUT2D eigenvalue weighted by Gasteiger charge is 2.21. The number of aromatic nitrogens is 2. The number of thiophene rings is 1. The van der Waals surface area contributed by atoms with E-state index in [0.717, 1.165) is 48.3 Å². The summed E-state index contributed by atoms with van der Waals surface area (Å²) in [4.78, 5) is 37.1. The van der Waals surface area contributed by atoms with Gasteiger partial charge in [0.25, 0.3) is 5.56 Å². The summed E-state index contributed by atoms with van der Waals surface area (Å²) >= 11 is 3.28. The first kappa shape index (κ1) is 22.5. The molecule has 1 aliphatic heterocycles. The Morgan fingerprint density at radius 3 is 2.67 bits per heavy atom. The largest absolute Gasteiger partial charge is 0.372 e. The second-order valence-electron chi connectivity index (χ2n) is 8.85. The van der Waals surface area contributed by atoms with Crippen molar-refractivity contribution in [2.75, 3.05) is 29.1 Å². The molecule has 6 nitrogen and oxygen atoms in total. The molecule has 0 unspecified atom stereocenters. The van der Waals surface area contributed by atoms with E-state index in [1.54, 1.807) is 23.1 Å². The summed E-state index contributed by atoms with van der Waals surface area (Å²) in [5.74, 6) is 1.99. The number of benzene rings is 1. The number of fused-ring (bicyclic) bond motifs is 3. The molecule has 2 N–H and O–H groups in total. The molecule has 0 spiro atoms. The van der Waals surface area contributed by atoms with Crippen molar-refractivity contribution >= 4 is 50.6 Å². The molecule has 2 aliphatic rings. The van der Waals surface area contributed by atoms with Crippen LogP contribution in [0.15, 0.2) is 29.1 Å². The molecule has 1 amide bonds. The van der Waals surface area contributed by atoms with Crippen LogP contribution in [0.5, 0.6) is 0 Å². The molecule has 174 valence electrons. The number of aromatic amines is 1. The summed E-state index contributed by atoms with van der Waals surface area (Å²) in [6.07, 6.45) is 8.77. The Morgan fingerprint density at radius 2 is 1.88 bits per heavy atom. The van der Waals surface area contributed by atoms with Gasteiger partial charge in [0.15, 0.2) is 0 Å². The van der Waals surface area contributed by atoms with E-state index in [1.165, 1.54) is 41.8 Å². The van der Waals surface area contributed by atoms with Crippen molar-refractivity contribution < 1.29 is 4.79 Å². The van der Waals surface area contributed by atoms with Gasteiger partial charge in [0.05, 0.1) is 11.1 Å². The quantitative estimate of drug-likeness (QED) is 0.457. The molecule has 1 saturated heterocycles. The van der Waals surface area contributed by atoms with Crippen LogP contribution in [0.1, 0.15) is 54.8 Å². The van der Waals surface area contributed by atoms with Gasteiger partial charge in [0.2, 0.25) is 5.91 Å². The monoisotopic (exact) mass is 482 g/mol. The van der Waals surface area contributed by atoms with Gasteiger partial charge in [-0.3, -0.25) is 9.59 Å². The summed E-state index contributed by atoms with van der Waals surface area (Å²) in [6.45, 7) is 2.23. The van der Waals surface area contributed by atoms with Crippen molar-refractivity contribution in [2.24, 2.45) is 0 Å². The van der Waals surface area contributed by atoms with Crippen molar-refractivity contribution in [1.29, 1.82) is 0 Å². The van der Waals surface area contributed by atoms with Gasteiger partial charge >= 0.3 is 0 Å². The number of carbonyl (C=O) groups excluding carboxylic acids is 1. The minimum atomic E-state index is -0.0173. The van der Waals surface area contributed by atoms with Gasteiger partial charge in [-0.05, 0) is 61.9 Å². The molecule has 1 aromatic carbocycles. The number of thioether (sulfide) groups is 1. The fourth-order valence-corrected chi connectivity index (χ4v) is 6.84. The molecule has 0 radical (unpaired) electrons. The van der Waals surface area contributed by atoms with E-state index in [1.807, 2.05) is 12.1 Å². The maximum Gasteiger partial charge on any atom is 0.259 e. The number of carbonyl (C=O) groups is 1. The maximum absolute atomic E-state index is 12.5. The molecule has 5 rings (SSSR count). The topological polar surface area (TPSA) is 78.1 Å². The Labute approximate surface area is 202 Å². The predicted molar refractivity (Wildman–Crippen MR) is 139 cm³/mol. The van der Waals surface area contributed by atoms with Crippen molar-refractivity contribution in [3.63, 3.8) is 0 Å². The number of H-pyrrole nitrogens is 1. The van der Waals surface area contributed by atoms with E-state index in [2.05, 4.69) is 32.3 Å². The van der Waals surface area contributed by atoms with E-state index in [4.69, 9.17) is 0 Å². The van der Waals surface area contributed by atoms with Crippen molar-refractivity contribution in [3.8, 4) is 0 Å². The number of aryl methyl sites for hydroxylation is 2.